The van der Waals surface area contributed by atoms with Gasteiger partial charge in [-0.15, -0.1) is 0 Å². The minimum absolute atomic E-state index is 0.589. The normalized spacial score (nSPS) is 19.1. The minimum Gasteiger partial charge on any atom is -0.313 e. The molecule has 1 nitrogen and oxygen atoms in total. The van der Waals surface area contributed by atoms with E-state index in [2.05, 4.69) is 42.7 Å². The highest BCUT2D eigenvalue weighted by molar-refractivity contribution is 5.20. The molecule has 1 atom stereocenters. The molecule has 0 amide bonds. The molecule has 2 rings (SSSR count). The van der Waals surface area contributed by atoms with Crippen LogP contribution in [-0.4, -0.2) is 7.05 Å². The van der Waals surface area contributed by atoms with E-state index in [1.54, 1.807) is 0 Å². The van der Waals surface area contributed by atoms with Crippen LogP contribution in [0.1, 0.15) is 24.4 Å². The largest absolute Gasteiger partial charge is 0.313 e. The van der Waals surface area contributed by atoms with Crippen LogP contribution < -0.4 is 5.32 Å². The van der Waals surface area contributed by atoms with E-state index < -0.39 is 0 Å². The Balaban J connectivity index is 2.15. The third-order valence-corrected chi connectivity index (χ3v) is 2.56. The predicted octanol–water partition coefficient (Wildman–Crippen LogP) is 2.36. The van der Waals surface area contributed by atoms with Crippen LogP contribution in [0.5, 0.6) is 0 Å². The molecule has 1 aliphatic rings. The molecule has 0 unspecified atom stereocenters. The molecule has 1 heteroatoms. The SMILES string of the molecule is CN[C@H](c1ccccc1)C1CC1. The van der Waals surface area contributed by atoms with Gasteiger partial charge in [0.05, 0.1) is 0 Å². The third-order valence-electron chi connectivity index (χ3n) is 2.56. The molecule has 1 fully saturated rings. The van der Waals surface area contributed by atoms with Crippen molar-refractivity contribution >= 4 is 0 Å². The van der Waals surface area contributed by atoms with E-state index >= 15 is 0 Å². The molecule has 0 bridgehead atoms. The summed E-state index contributed by atoms with van der Waals surface area (Å²) in [4.78, 5) is 0. The summed E-state index contributed by atoms with van der Waals surface area (Å²) in [5.74, 6) is 0.886. The Morgan fingerprint density at radius 1 is 1.25 bits per heavy atom. The average Bonchev–Trinajstić information content (AvgIpc) is 2.92. The Labute approximate surface area is 73.8 Å². The van der Waals surface area contributed by atoms with Crippen LogP contribution in [-0.2, 0) is 0 Å². The maximum atomic E-state index is 3.38. The van der Waals surface area contributed by atoms with E-state index in [-0.39, 0.29) is 0 Å². The Kier molecular flexibility index (Phi) is 2.13. The molecule has 0 spiro atoms. The van der Waals surface area contributed by atoms with Crippen molar-refractivity contribution in [1.82, 2.24) is 5.32 Å². The summed E-state index contributed by atoms with van der Waals surface area (Å²) in [7, 11) is 2.05. The second-order valence-electron chi connectivity index (χ2n) is 3.51. The summed E-state index contributed by atoms with van der Waals surface area (Å²) in [6.07, 6.45) is 2.78. The standard InChI is InChI=1S/C11H15N/c1-12-11(10-7-8-10)9-5-3-2-4-6-9/h2-6,10-12H,7-8H2,1H3/t11-/m1/s1. The van der Waals surface area contributed by atoms with Crippen LogP contribution in [0.4, 0.5) is 0 Å². The molecule has 0 radical (unpaired) electrons. The fourth-order valence-corrected chi connectivity index (χ4v) is 1.76. The average molecular weight is 161 g/mol. The summed E-state index contributed by atoms with van der Waals surface area (Å²) in [6, 6.07) is 11.3. The topological polar surface area (TPSA) is 12.0 Å². The molecule has 1 aromatic rings. The maximum Gasteiger partial charge on any atom is 0.0346 e. The summed E-state index contributed by atoms with van der Waals surface area (Å²) < 4.78 is 0. The van der Waals surface area contributed by atoms with Gasteiger partial charge < -0.3 is 5.32 Å². The van der Waals surface area contributed by atoms with Gasteiger partial charge in [-0.1, -0.05) is 30.3 Å². The molecule has 0 aliphatic heterocycles. The van der Waals surface area contributed by atoms with Crippen molar-refractivity contribution in [2.24, 2.45) is 5.92 Å². The molecular formula is C11H15N. The fraction of sp³-hybridized carbons (Fsp3) is 0.455. The second-order valence-corrected chi connectivity index (χ2v) is 3.51. The maximum absolute atomic E-state index is 3.38. The molecule has 12 heavy (non-hydrogen) atoms. The van der Waals surface area contributed by atoms with E-state index in [1.165, 1.54) is 18.4 Å². The van der Waals surface area contributed by atoms with Crippen LogP contribution in [0.25, 0.3) is 0 Å². The lowest BCUT2D eigenvalue weighted by Crippen LogP contribution is -2.17. The summed E-state index contributed by atoms with van der Waals surface area (Å²) >= 11 is 0. The predicted molar refractivity (Wildman–Crippen MR) is 51.0 cm³/mol. The molecule has 1 N–H and O–H groups in total. The van der Waals surface area contributed by atoms with Crippen LogP contribution in [0.15, 0.2) is 30.3 Å². The summed E-state index contributed by atoms with van der Waals surface area (Å²) in [5.41, 5.74) is 1.43. The number of rotatable bonds is 3. The van der Waals surface area contributed by atoms with Crippen molar-refractivity contribution in [3.8, 4) is 0 Å². The van der Waals surface area contributed by atoms with Crippen LogP contribution in [0.2, 0.25) is 0 Å². The van der Waals surface area contributed by atoms with Gasteiger partial charge in [0.1, 0.15) is 0 Å². The first-order valence-electron chi connectivity index (χ1n) is 4.64. The van der Waals surface area contributed by atoms with Gasteiger partial charge in [0.15, 0.2) is 0 Å². The van der Waals surface area contributed by atoms with E-state index in [9.17, 15) is 0 Å². The number of benzene rings is 1. The lowest BCUT2D eigenvalue weighted by Gasteiger charge is -2.15. The quantitative estimate of drug-likeness (QED) is 0.717. The van der Waals surface area contributed by atoms with Gasteiger partial charge in [0.2, 0.25) is 0 Å². The molecule has 1 aromatic carbocycles. The third kappa shape index (κ3) is 1.51. The van der Waals surface area contributed by atoms with E-state index in [0.29, 0.717) is 6.04 Å². The molecule has 0 saturated heterocycles. The zero-order chi connectivity index (χ0) is 8.39. The van der Waals surface area contributed by atoms with Crippen molar-refractivity contribution in [3.63, 3.8) is 0 Å². The van der Waals surface area contributed by atoms with Gasteiger partial charge in [0.25, 0.3) is 0 Å². The first-order valence-corrected chi connectivity index (χ1v) is 4.64. The minimum atomic E-state index is 0.589. The highest BCUT2D eigenvalue weighted by Gasteiger charge is 2.30. The monoisotopic (exact) mass is 161 g/mol. The van der Waals surface area contributed by atoms with E-state index in [4.69, 9.17) is 0 Å². The van der Waals surface area contributed by atoms with Gasteiger partial charge in [-0.2, -0.15) is 0 Å². The van der Waals surface area contributed by atoms with E-state index in [0.717, 1.165) is 5.92 Å². The Morgan fingerprint density at radius 3 is 2.42 bits per heavy atom. The Bertz CT molecular complexity index is 238. The van der Waals surface area contributed by atoms with Crippen molar-refractivity contribution < 1.29 is 0 Å². The van der Waals surface area contributed by atoms with Crippen molar-refractivity contribution in [2.45, 2.75) is 18.9 Å². The molecule has 1 saturated carbocycles. The molecular weight excluding hydrogens is 146 g/mol. The number of nitrogens with one attached hydrogen (secondary N) is 1. The van der Waals surface area contributed by atoms with Crippen molar-refractivity contribution in [3.05, 3.63) is 35.9 Å². The molecule has 64 valence electrons. The second kappa shape index (κ2) is 3.28. The van der Waals surface area contributed by atoms with Gasteiger partial charge >= 0.3 is 0 Å². The lowest BCUT2D eigenvalue weighted by atomic mass is 10.0. The van der Waals surface area contributed by atoms with E-state index in [1.807, 2.05) is 0 Å². The fourth-order valence-electron chi connectivity index (χ4n) is 1.76. The zero-order valence-electron chi connectivity index (χ0n) is 7.46. The van der Waals surface area contributed by atoms with Crippen LogP contribution in [0, 0.1) is 5.92 Å². The molecule has 1 aliphatic carbocycles. The molecule has 0 aromatic heterocycles. The summed E-state index contributed by atoms with van der Waals surface area (Å²) in [5, 5.41) is 3.38. The van der Waals surface area contributed by atoms with Gasteiger partial charge in [-0.05, 0) is 31.4 Å². The highest BCUT2D eigenvalue weighted by atomic mass is 14.9. The van der Waals surface area contributed by atoms with Crippen molar-refractivity contribution in [1.29, 1.82) is 0 Å². The molecule has 0 heterocycles. The van der Waals surface area contributed by atoms with Gasteiger partial charge in [-0.3, -0.25) is 0 Å². The first kappa shape index (κ1) is 7.81. The zero-order valence-corrected chi connectivity index (χ0v) is 7.46. The Hall–Kier alpha value is -0.820. The highest BCUT2D eigenvalue weighted by Crippen LogP contribution is 2.40. The first-order chi connectivity index (χ1) is 5.92. The lowest BCUT2D eigenvalue weighted by molar-refractivity contribution is 0.529. The number of hydrogen-bond acceptors (Lipinski definition) is 1. The smallest absolute Gasteiger partial charge is 0.0346 e. The van der Waals surface area contributed by atoms with Crippen molar-refractivity contribution in [2.75, 3.05) is 7.05 Å². The van der Waals surface area contributed by atoms with Crippen LogP contribution >= 0.6 is 0 Å². The number of hydrogen-bond donors (Lipinski definition) is 1. The summed E-state index contributed by atoms with van der Waals surface area (Å²) in [6.45, 7) is 0. The van der Waals surface area contributed by atoms with Crippen LogP contribution in [0.3, 0.4) is 0 Å². The Morgan fingerprint density at radius 2 is 1.92 bits per heavy atom. The van der Waals surface area contributed by atoms with Gasteiger partial charge in [-0.25, -0.2) is 0 Å². The van der Waals surface area contributed by atoms with Gasteiger partial charge in [0, 0.05) is 6.04 Å².